The van der Waals surface area contributed by atoms with Gasteiger partial charge in [0.2, 0.25) is 5.78 Å². The summed E-state index contributed by atoms with van der Waals surface area (Å²) < 4.78 is 17.5. The second-order valence-corrected chi connectivity index (χ2v) is 7.42. The Kier molecular flexibility index (Phi) is 4.70. The number of benzene rings is 2. The van der Waals surface area contributed by atoms with Crippen molar-refractivity contribution in [3.8, 4) is 0 Å². The lowest BCUT2D eigenvalue weighted by atomic mass is 10.1. The van der Waals surface area contributed by atoms with Gasteiger partial charge in [0.15, 0.2) is 5.16 Å². The molecule has 0 aliphatic rings. The van der Waals surface area contributed by atoms with Gasteiger partial charge in [0.25, 0.3) is 5.56 Å². The number of aromatic nitrogens is 4. The number of thioether (sulfide) groups is 1. The molecule has 0 amide bonds. The minimum atomic E-state index is -0.234. The van der Waals surface area contributed by atoms with E-state index in [1.54, 1.807) is 16.7 Å². The summed E-state index contributed by atoms with van der Waals surface area (Å²) in [6, 6.07) is 12.5. The zero-order chi connectivity index (χ0) is 19.0. The summed E-state index contributed by atoms with van der Waals surface area (Å²) >= 11 is 1.41. The molecule has 0 saturated carbocycles. The molecule has 7 heteroatoms. The summed E-state index contributed by atoms with van der Waals surface area (Å²) in [5, 5.41) is 9.84. The zero-order valence-electron chi connectivity index (χ0n) is 15.1. The van der Waals surface area contributed by atoms with E-state index in [1.165, 1.54) is 17.8 Å². The minimum Gasteiger partial charge on any atom is -0.276 e. The van der Waals surface area contributed by atoms with Crippen molar-refractivity contribution in [3.05, 3.63) is 69.8 Å². The van der Waals surface area contributed by atoms with Crippen molar-refractivity contribution < 1.29 is 4.39 Å². The lowest BCUT2D eigenvalue weighted by molar-refractivity contribution is 0.617. The van der Waals surface area contributed by atoms with Crippen molar-refractivity contribution in [2.24, 2.45) is 0 Å². The minimum absolute atomic E-state index is 0.0545. The molecule has 4 rings (SSSR count). The average Bonchev–Trinajstić information content (AvgIpc) is 3.08. The van der Waals surface area contributed by atoms with Crippen molar-refractivity contribution in [3.63, 3.8) is 0 Å². The van der Waals surface area contributed by atoms with Gasteiger partial charge in [-0.3, -0.25) is 13.8 Å². The van der Waals surface area contributed by atoms with Gasteiger partial charge in [0.05, 0.1) is 10.9 Å². The highest BCUT2D eigenvalue weighted by molar-refractivity contribution is 7.98. The Hall–Kier alpha value is -2.67. The monoisotopic (exact) mass is 382 g/mol. The predicted octanol–water partition coefficient (Wildman–Crippen LogP) is 4.19. The van der Waals surface area contributed by atoms with Crippen molar-refractivity contribution in [2.75, 3.05) is 0 Å². The summed E-state index contributed by atoms with van der Waals surface area (Å²) in [5.74, 6) is 0.727. The summed E-state index contributed by atoms with van der Waals surface area (Å²) in [6.07, 6.45) is 0.817. The van der Waals surface area contributed by atoms with Gasteiger partial charge in [-0.05, 0) is 37.1 Å². The van der Waals surface area contributed by atoms with Crippen LogP contribution in [0.5, 0.6) is 0 Å². The van der Waals surface area contributed by atoms with E-state index in [4.69, 9.17) is 0 Å². The number of nitrogens with zero attached hydrogens (tertiary/aromatic N) is 4. The molecule has 0 aliphatic heterocycles. The van der Waals surface area contributed by atoms with Crippen LogP contribution in [0.15, 0.2) is 52.4 Å². The fourth-order valence-corrected chi connectivity index (χ4v) is 4.10. The van der Waals surface area contributed by atoms with Crippen molar-refractivity contribution in [1.29, 1.82) is 0 Å². The molecular weight excluding hydrogens is 363 g/mol. The molecule has 0 saturated heterocycles. The van der Waals surface area contributed by atoms with Crippen LogP contribution in [0.4, 0.5) is 4.39 Å². The van der Waals surface area contributed by atoms with Gasteiger partial charge in [-0.15, -0.1) is 10.2 Å². The van der Waals surface area contributed by atoms with E-state index in [2.05, 4.69) is 10.2 Å². The van der Waals surface area contributed by atoms with Crippen LogP contribution in [-0.2, 0) is 12.3 Å². The largest absolute Gasteiger partial charge is 0.276 e. The molecule has 2 aromatic carbocycles. The van der Waals surface area contributed by atoms with Gasteiger partial charge in [0, 0.05) is 12.3 Å². The molecule has 0 spiro atoms. The molecule has 0 fully saturated rings. The molecule has 0 N–H and O–H groups in total. The van der Waals surface area contributed by atoms with Crippen LogP contribution in [0.2, 0.25) is 0 Å². The highest BCUT2D eigenvalue weighted by Crippen LogP contribution is 2.26. The van der Waals surface area contributed by atoms with E-state index < -0.39 is 0 Å². The Morgan fingerprint density at radius 1 is 1.15 bits per heavy atom. The molecular formula is C20H19FN4OS. The van der Waals surface area contributed by atoms with E-state index in [1.807, 2.05) is 42.5 Å². The maximum atomic E-state index is 13.9. The number of fused-ring (bicyclic) bond motifs is 3. The van der Waals surface area contributed by atoms with Crippen LogP contribution in [0.3, 0.4) is 0 Å². The quantitative estimate of drug-likeness (QED) is 0.486. The number of rotatable bonds is 5. The number of aryl methyl sites for hydroxylation is 2. The first-order valence-electron chi connectivity index (χ1n) is 8.84. The summed E-state index contributed by atoms with van der Waals surface area (Å²) in [5.41, 5.74) is 2.35. The Morgan fingerprint density at radius 3 is 2.74 bits per heavy atom. The second-order valence-electron chi connectivity index (χ2n) is 6.48. The van der Waals surface area contributed by atoms with Crippen LogP contribution in [-0.4, -0.2) is 19.2 Å². The fourth-order valence-electron chi connectivity index (χ4n) is 3.18. The molecule has 2 heterocycles. The lowest BCUT2D eigenvalue weighted by Gasteiger charge is -2.11. The number of hydrogen-bond acceptors (Lipinski definition) is 4. The van der Waals surface area contributed by atoms with Gasteiger partial charge >= 0.3 is 0 Å². The molecule has 27 heavy (non-hydrogen) atoms. The summed E-state index contributed by atoms with van der Waals surface area (Å²) in [6.45, 7) is 4.56. The van der Waals surface area contributed by atoms with Crippen LogP contribution >= 0.6 is 11.8 Å². The Morgan fingerprint density at radius 2 is 1.96 bits per heavy atom. The van der Waals surface area contributed by atoms with Crippen molar-refractivity contribution in [1.82, 2.24) is 19.2 Å². The van der Waals surface area contributed by atoms with Crippen molar-refractivity contribution in [2.45, 2.75) is 37.7 Å². The van der Waals surface area contributed by atoms with Gasteiger partial charge in [-0.2, -0.15) is 0 Å². The highest BCUT2D eigenvalue weighted by Gasteiger charge is 2.17. The first kappa shape index (κ1) is 17.7. The molecule has 5 nitrogen and oxygen atoms in total. The van der Waals surface area contributed by atoms with Gasteiger partial charge in [0.1, 0.15) is 5.82 Å². The standard InChI is InChI=1S/C20H19FN4OS/c1-3-10-24-18(26)15-11-13(2)8-9-17(15)25-19(24)22-23-20(25)27-12-14-6-4-5-7-16(14)21/h4-9,11H,3,10,12H2,1-2H3. The Labute approximate surface area is 159 Å². The Bertz CT molecular complexity index is 1200. The first-order chi connectivity index (χ1) is 13.1. The maximum absolute atomic E-state index is 13.9. The number of hydrogen-bond donors (Lipinski definition) is 0. The third-order valence-corrected chi connectivity index (χ3v) is 5.47. The van der Waals surface area contributed by atoms with E-state index in [9.17, 15) is 9.18 Å². The molecule has 138 valence electrons. The first-order valence-corrected chi connectivity index (χ1v) is 9.83. The third-order valence-electron chi connectivity index (χ3n) is 4.49. The van der Waals surface area contributed by atoms with Crippen LogP contribution in [0.25, 0.3) is 16.7 Å². The normalized spacial score (nSPS) is 11.5. The fraction of sp³-hybridized carbons (Fsp3) is 0.250. The van der Waals surface area contributed by atoms with Gasteiger partial charge < -0.3 is 0 Å². The van der Waals surface area contributed by atoms with E-state index in [-0.39, 0.29) is 11.4 Å². The van der Waals surface area contributed by atoms with Crippen LogP contribution in [0, 0.1) is 12.7 Å². The highest BCUT2D eigenvalue weighted by atomic mass is 32.2. The molecule has 4 aromatic rings. The summed E-state index contributed by atoms with van der Waals surface area (Å²) in [4.78, 5) is 12.9. The summed E-state index contributed by atoms with van der Waals surface area (Å²) in [7, 11) is 0. The second kappa shape index (κ2) is 7.15. The van der Waals surface area contributed by atoms with Crippen LogP contribution in [0.1, 0.15) is 24.5 Å². The van der Waals surface area contributed by atoms with Crippen LogP contribution < -0.4 is 5.56 Å². The third kappa shape index (κ3) is 3.12. The molecule has 0 atom stereocenters. The SMILES string of the molecule is CCCn1c(=O)c2cc(C)ccc2n2c(SCc3ccccc3F)nnc12. The molecule has 0 aliphatic carbocycles. The molecule has 2 aromatic heterocycles. The topological polar surface area (TPSA) is 52.2 Å². The zero-order valence-corrected chi connectivity index (χ0v) is 16.0. The average molecular weight is 382 g/mol. The van der Waals surface area contributed by atoms with E-state index >= 15 is 0 Å². The van der Waals surface area contributed by atoms with E-state index in [0.29, 0.717) is 34.2 Å². The molecule has 0 bridgehead atoms. The van der Waals surface area contributed by atoms with E-state index in [0.717, 1.165) is 17.5 Å². The van der Waals surface area contributed by atoms with Gasteiger partial charge in [-0.1, -0.05) is 48.5 Å². The predicted molar refractivity (Wildman–Crippen MR) is 106 cm³/mol. The van der Waals surface area contributed by atoms with Gasteiger partial charge in [-0.25, -0.2) is 4.39 Å². The number of halogens is 1. The lowest BCUT2D eigenvalue weighted by Crippen LogP contribution is -2.23. The Balaban J connectivity index is 1.89. The maximum Gasteiger partial charge on any atom is 0.262 e. The molecule has 0 radical (unpaired) electrons. The smallest absolute Gasteiger partial charge is 0.262 e. The molecule has 0 unspecified atom stereocenters. The van der Waals surface area contributed by atoms with Crippen molar-refractivity contribution >= 4 is 28.4 Å².